The standard InChI is InChI=1S/C27H32N4O3.C2HF3O2/c1-31-14-12-27(19-6-9-23(33-2)24(16-19)34-3)11-10-21(17-25(27)31)30-26(32)29-20-7-8-22-18(15-20)5-4-13-28-22;3-2(4,5)1(6)7/h4-9,13,15-16,21,25H,10-12,14,17H2,1-3H3,(H2,29,30,32);(H,6,7)/t21-,25+,27+;/m1./s1. The summed E-state index contributed by atoms with van der Waals surface area (Å²) >= 11 is 0. The Labute approximate surface area is 235 Å². The molecule has 1 aromatic heterocycles. The number of ether oxygens (including phenoxy) is 2. The first-order valence-electron chi connectivity index (χ1n) is 13.1. The first kappa shape index (κ1) is 29.9. The van der Waals surface area contributed by atoms with E-state index in [9.17, 15) is 18.0 Å². The second kappa shape index (κ2) is 12.2. The number of likely N-dealkylation sites (N-methyl/N-ethyl adjacent to an activating group) is 1. The number of methoxy groups -OCH3 is 2. The number of carbonyl (C=O) groups excluding carboxylic acids is 1. The molecule has 2 fully saturated rings. The number of nitrogens with zero attached hydrogens (tertiary/aromatic N) is 2. The van der Waals surface area contributed by atoms with Gasteiger partial charge < -0.3 is 30.1 Å². The Bertz CT molecular complexity index is 1400. The lowest BCUT2D eigenvalue weighted by atomic mass is 9.65. The molecule has 2 amide bonds. The van der Waals surface area contributed by atoms with Gasteiger partial charge in [0.15, 0.2) is 11.5 Å². The first-order valence-corrected chi connectivity index (χ1v) is 13.1. The minimum Gasteiger partial charge on any atom is -0.493 e. The van der Waals surface area contributed by atoms with Crippen LogP contribution >= 0.6 is 0 Å². The van der Waals surface area contributed by atoms with Crippen LogP contribution in [-0.4, -0.2) is 73.1 Å². The number of aliphatic carboxylic acids is 1. The lowest BCUT2D eigenvalue weighted by molar-refractivity contribution is -0.192. The van der Waals surface area contributed by atoms with E-state index in [2.05, 4.69) is 39.7 Å². The van der Waals surface area contributed by atoms with E-state index in [1.54, 1.807) is 20.4 Å². The monoisotopic (exact) mass is 574 g/mol. The summed E-state index contributed by atoms with van der Waals surface area (Å²) in [6.45, 7) is 1.04. The second-order valence-electron chi connectivity index (χ2n) is 10.3. The van der Waals surface area contributed by atoms with E-state index in [0.29, 0.717) is 6.04 Å². The van der Waals surface area contributed by atoms with Crippen LogP contribution in [0.1, 0.15) is 31.2 Å². The van der Waals surface area contributed by atoms with E-state index in [4.69, 9.17) is 19.4 Å². The molecule has 2 heterocycles. The van der Waals surface area contributed by atoms with Gasteiger partial charge in [0.2, 0.25) is 0 Å². The zero-order chi connectivity index (χ0) is 29.8. The molecule has 5 rings (SSSR count). The van der Waals surface area contributed by atoms with E-state index in [0.717, 1.165) is 60.3 Å². The molecule has 3 aromatic rings. The molecule has 3 atom stereocenters. The van der Waals surface area contributed by atoms with Crippen LogP contribution in [0.15, 0.2) is 54.7 Å². The normalized spacial score (nSPS) is 22.2. The third-order valence-electron chi connectivity index (χ3n) is 7.92. The molecule has 41 heavy (non-hydrogen) atoms. The average molecular weight is 575 g/mol. The smallest absolute Gasteiger partial charge is 0.490 e. The van der Waals surface area contributed by atoms with Gasteiger partial charge in [-0.15, -0.1) is 0 Å². The van der Waals surface area contributed by atoms with E-state index >= 15 is 0 Å². The van der Waals surface area contributed by atoms with Crippen molar-refractivity contribution in [1.29, 1.82) is 0 Å². The van der Waals surface area contributed by atoms with Gasteiger partial charge >= 0.3 is 18.2 Å². The van der Waals surface area contributed by atoms with E-state index in [-0.39, 0.29) is 17.5 Å². The number of amides is 2. The van der Waals surface area contributed by atoms with Gasteiger partial charge in [-0.1, -0.05) is 12.1 Å². The van der Waals surface area contributed by atoms with Crippen molar-refractivity contribution < 1.29 is 37.3 Å². The zero-order valence-corrected chi connectivity index (χ0v) is 23.0. The fraction of sp³-hybridized carbons (Fsp3) is 0.414. The molecule has 1 saturated carbocycles. The summed E-state index contributed by atoms with van der Waals surface area (Å²) in [5.41, 5.74) is 3.05. The molecular formula is C29H33F3N4O5. The molecule has 9 nitrogen and oxygen atoms in total. The maximum Gasteiger partial charge on any atom is 0.490 e. The number of aromatic nitrogens is 1. The molecule has 12 heteroatoms. The molecular weight excluding hydrogens is 541 g/mol. The number of carboxylic acid groups (broad SMARTS) is 1. The van der Waals surface area contributed by atoms with Crippen LogP contribution in [0.4, 0.5) is 23.7 Å². The minimum absolute atomic E-state index is 0.0638. The number of urea groups is 1. The lowest BCUT2D eigenvalue weighted by Gasteiger charge is -2.45. The number of alkyl halides is 3. The van der Waals surface area contributed by atoms with Crippen LogP contribution in [0.25, 0.3) is 10.9 Å². The van der Waals surface area contributed by atoms with E-state index in [1.807, 2.05) is 36.4 Å². The summed E-state index contributed by atoms with van der Waals surface area (Å²) in [5, 5.41) is 14.4. The predicted octanol–water partition coefficient (Wildman–Crippen LogP) is 5.20. The highest BCUT2D eigenvalue weighted by molar-refractivity contribution is 5.92. The highest BCUT2D eigenvalue weighted by Crippen LogP contribution is 2.49. The van der Waals surface area contributed by atoms with Gasteiger partial charge in [-0.2, -0.15) is 13.2 Å². The van der Waals surface area contributed by atoms with E-state index in [1.165, 1.54) is 5.56 Å². The predicted molar refractivity (Wildman–Crippen MR) is 147 cm³/mol. The number of benzene rings is 2. The number of pyridine rings is 1. The summed E-state index contributed by atoms with van der Waals surface area (Å²) in [6.07, 6.45) is 0.665. The summed E-state index contributed by atoms with van der Waals surface area (Å²) < 4.78 is 42.8. The summed E-state index contributed by atoms with van der Waals surface area (Å²) in [4.78, 5) is 28.5. The number of carboxylic acids is 1. The molecule has 1 aliphatic heterocycles. The fourth-order valence-corrected chi connectivity index (χ4v) is 5.90. The van der Waals surface area contributed by atoms with Crippen LogP contribution in [-0.2, 0) is 10.2 Å². The third-order valence-corrected chi connectivity index (χ3v) is 7.92. The number of carbonyl (C=O) groups is 2. The molecule has 3 N–H and O–H groups in total. The molecule has 2 aliphatic rings. The van der Waals surface area contributed by atoms with Gasteiger partial charge in [-0.25, -0.2) is 9.59 Å². The number of fused-ring (bicyclic) bond motifs is 2. The minimum atomic E-state index is -5.08. The number of halogens is 3. The number of likely N-dealkylation sites (tertiary alicyclic amines) is 1. The van der Waals surface area contributed by atoms with Gasteiger partial charge in [-0.05, 0) is 81.2 Å². The number of anilines is 1. The Morgan fingerprint density at radius 1 is 1.07 bits per heavy atom. The van der Waals surface area contributed by atoms with Crippen molar-refractivity contribution in [3.63, 3.8) is 0 Å². The van der Waals surface area contributed by atoms with Crippen molar-refractivity contribution in [3.05, 3.63) is 60.3 Å². The lowest BCUT2D eigenvalue weighted by Crippen LogP contribution is -2.52. The SMILES string of the molecule is COc1ccc([C@@]23CC[C@@H](NC(=O)Nc4ccc5ncccc5c4)C[C@@H]2N(C)CC3)cc1OC.O=C(O)C(F)(F)F. The zero-order valence-electron chi connectivity index (χ0n) is 23.0. The van der Waals surface area contributed by atoms with Crippen LogP contribution in [0.2, 0.25) is 0 Å². The second-order valence-corrected chi connectivity index (χ2v) is 10.3. The number of rotatable bonds is 5. The van der Waals surface area contributed by atoms with Crippen LogP contribution < -0.4 is 20.1 Å². The van der Waals surface area contributed by atoms with Gasteiger partial charge in [0.05, 0.1) is 19.7 Å². The van der Waals surface area contributed by atoms with Crippen LogP contribution in [0.5, 0.6) is 11.5 Å². The molecule has 0 spiro atoms. The topological polar surface area (TPSA) is 113 Å². The molecule has 0 bridgehead atoms. The van der Waals surface area contributed by atoms with Crippen molar-refractivity contribution in [1.82, 2.24) is 15.2 Å². The molecule has 0 radical (unpaired) electrons. The fourth-order valence-electron chi connectivity index (χ4n) is 5.90. The van der Waals surface area contributed by atoms with Crippen molar-refractivity contribution in [3.8, 4) is 11.5 Å². The van der Waals surface area contributed by atoms with Crippen molar-refractivity contribution in [2.45, 2.75) is 49.4 Å². The largest absolute Gasteiger partial charge is 0.493 e. The maximum absolute atomic E-state index is 12.8. The molecule has 0 unspecified atom stereocenters. The summed E-state index contributed by atoms with van der Waals surface area (Å²) in [6, 6.07) is 16.3. The van der Waals surface area contributed by atoms with Gasteiger partial charge in [0.25, 0.3) is 0 Å². The van der Waals surface area contributed by atoms with Gasteiger partial charge in [-0.3, -0.25) is 4.98 Å². The Balaban J connectivity index is 0.000000493. The number of hydrogen-bond donors (Lipinski definition) is 3. The molecule has 220 valence electrons. The quantitative estimate of drug-likeness (QED) is 0.384. The Morgan fingerprint density at radius 3 is 2.49 bits per heavy atom. The Hall–Kier alpha value is -4.06. The first-order chi connectivity index (χ1) is 19.5. The summed E-state index contributed by atoms with van der Waals surface area (Å²) in [7, 11) is 5.54. The van der Waals surface area contributed by atoms with Crippen molar-refractivity contribution in [2.24, 2.45) is 0 Å². The number of hydrogen-bond acceptors (Lipinski definition) is 6. The van der Waals surface area contributed by atoms with Gasteiger partial charge in [0.1, 0.15) is 0 Å². The van der Waals surface area contributed by atoms with Crippen molar-refractivity contribution >= 4 is 28.6 Å². The Morgan fingerprint density at radius 2 is 1.80 bits per heavy atom. The third kappa shape index (κ3) is 6.64. The van der Waals surface area contributed by atoms with Crippen molar-refractivity contribution in [2.75, 3.05) is 33.1 Å². The maximum atomic E-state index is 12.8. The average Bonchev–Trinajstić information content (AvgIpc) is 3.29. The molecule has 1 aliphatic carbocycles. The number of nitrogens with one attached hydrogen (secondary N) is 2. The molecule has 2 aromatic carbocycles. The Kier molecular flexibility index (Phi) is 8.91. The van der Waals surface area contributed by atoms with Gasteiger partial charge in [0, 0.05) is 34.8 Å². The van der Waals surface area contributed by atoms with Crippen LogP contribution in [0, 0.1) is 0 Å². The van der Waals surface area contributed by atoms with Crippen LogP contribution in [0.3, 0.4) is 0 Å². The highest BCUT2D eigenvalue weighted by Gasteiger charge is 2.50. The highest BCUT2D eigenvalue weighted by atomic mass is 19.4. The van der Waals surface area contributed by atoms with E-state index < -0.39 is 12.1 Å². The molecule has 1 saturated heterocycles. The summed E-state index contributed by atoms with van der Waals surface area (Å²) in [5.74, 6) is -1.23.